The molecule has 1 aliphatic rings. The molecule has 0 atom stereocenters. The summed E-state index contributed by atoms with van der Waals surface area (Å²) < 4.78 is 55.8. The van der Waals surface area contributed by atoms with Gasteiger partial charge in [0.05, 0.1) is 22.1 Å². The maximum absolute atomic E-state index is 14.3. The van der Waals surface area contributed by atoms with Crippen molar-refractivity contribution in [3.63, 3.8) is 0 Å². The molecule has 0 radical (unpaired) electrons. The summed E-state index contributed by atoms with van der Waals surface area (Å²) in [7, 11) is -4.44. The summed E-state index contributed by atoms with van der Waals surface area (Å²) in [5.41, 5.74) is 10.4. The van der Waals surface area contributed by atoms with Gasteiger partial charge in [-0.3, -0.25) is 9.52 Å². The van der Waals surface area contributed by atoms with E-state index >= 15 is 0 Å². The number of benzene rings is 3. The summed E-state index contributed by atoms with van der Waals surface area (Å²) in [6.45, 7) is 1.40. The predicted molar refractivity (Wildman–Crippen MR) is 141 cm³/mol. The number of hydrogen-bond acceptors (Lipinski definition) is 6. The minimum Gasteiger partial charge on any atom is -0.368 e. The van der Waals surface area contributed by atoms with Crippen molar-refractivity contribution in [3.05, 3.63) is 82.5 Å². The van der Waals surface area contributed by atoms with Crippen LogP contribution in [0.1, 0.15) is 18.2 Å². The molecule has 1 heterocycles. The molecule has 0 unspecified atom stereocenters. The van der Waals surface area contributed by atoms with Gasteiger partial charge in [-0.05, 0) is 60.4 Å². The van der Waals surface area contributed by atoms with Crippen LogP contribution < -0.4 is 15.8 Å². The largest absolute Gasteiger partial charge is 0.368 e. The highest BCUT2D eigenvalue weighted by molar-refractivity contribution is 7.92. The van der Waals surface area contributed by atoms with Crippen molar-refractivity contribution in [1.82, 2.24) is 9.97 Å². The number of halogens is 3. The van der Waals surface area contributed by atoms with Crippen molar-refractivity contribution in [2.45, 2.75) is 24.7 Å². The number of sulfonamides is 1. The lowest BCUT2D eigenvalue weighted by molar-refractivity contribution is -0.114. The van der Waals surface area contributed by atoms with E-state index < -0.39 is 26.6 Å². The maximum Gasteiger partial charge on any atom is 0.264 e. The van der Waals surface area contributed by atoms with E-state index in [0.717, 1.165) is 17.7 Å². The zero-order chi connectivity index (χ0) is 27.2. The van der Waals surface area contributed by atoms with E-state index in [-0.39, 0.29) is 22.6 Å². The molecule has 5 rings (SSSR count). The number of nitrogens with two attached hydrogens (primary N) is 1. The fourth-order valence-electron chi connectivity index (χ4n) is 4.42. The van der Waals surface area contributed by atoms with Gasteiger partial charge in [0.15, 0.2) is 0 Å². The third-order valence-corrected chi connectivity index (χ3v) is 7.69. The summed E-state index contributed by atoms with van der Waals surface area (Å²) in [5.74, 6) is -2.31. The van der Waals surface area contributed by atoms with E-state index in [1.807, 2.05) is 0 Å². The minimum absolute atomic E-state index is 0.00300. The number of fused-ring (bicyclic) bond motifs is 3. The lowest BCUT2D eigenvalue weighted by Gasteiger charge is -2.24. The molecule has 0 aliphatic heterocycles. The normalized spacial score (nSPS) is 12.4. The van der Waals surface area contributed by atoms with Gasteiger partial charge < -0.3 is 11.1 Å². The number of aromatic nitrogens is 2. The van der Waals surface area contributed by atoms with Gasteiger partial charge >= 0.3 is 0 Å². The van der Waals surface area contributed by atoms with Crippen LogP contribution in [0.15, 0.2) is 59.5 Å². The SMILES string of the molecule is CC(=O)Nc1cccc(-c2nc(N)nc3c2-c2cc(NS(=O)(=O)c4ccc(F)cc4F)c(Cl)cc2CC3)c1. The Bertz CT molecular complexity index is 1730. The molecule has 38 heavy (non-hydrogen) atoms. The summed E-state index contributed by atoms with van der Waals surface area (Å²) in [6.07, 6.45) is 1.10. The molecular weight excluding hydrogens is 536 g/mol. The van der Waals surface area contributed by atoms with Crippen molar-refractivity contribution in [2.24, 2.45) is 0 Å². The van der Waals surface area contributed by atoms with E-state index in [0.29, 0.717) is 52.7 Å². The molecule has 1 amide bonds. The molecule has 1 aliphatic carbocycles. The second-order valence-electron chi connectivity index (χ2n) is 8.68. The van der Waals surface area contributed by atoms with Crippen molar-refractivity contribution < 1.29 is 22.0 Å². The Balaban J connectivity index is 1.64. The monoisotopic (exact) mass is 555 g/mol. The fraction of sp³-hybridized carbons (Fsp3) is 0.115. The van der Waals surface area contributed by atoms with E-state index in [1.165, 1.54) is 13.0 Å². The van der Waals surface area contributed by atoms with Crippen LogP contribution in [-0.4, -0.2) is 24.3 Å². The molecular formula is C26H20ClF2N5O3S. The van der Waals surface area contributed by atoms with Crippen LogP contribution in [0.3, 0.4) is 0 Å². The molecule has 0 fully saturated rings. The number of nitrogens with zero attached hydrogens (tertiary/aromatic N) is 2. The number of hydrogen-bond donors (Lipinski definition) is 3. The van der Waals surface area contributed by atoms with Gasteiger partial charge in [0.1, 0.15) is 16.5 Å². The highest BCUT2D eigenvalue weighted by atomic mass is 35.5. The van der Waals surface area contributed by atoms with Crippen molar-refractivity contribution in [2.75, 3.05) is 15.8 Å². The van der Waals surface area contributed by atoms with Gasteiger partial charge in [-0.2, -0.15) is 0 Å². The van der Waals surface area contributed by atoms with Gasteiger partial charge in [0.25, 0.3) is 10.0 Å². The minimum atomic E-state index is -4.44. The Morgan fingerprint density at radius 1 is 1.05 bits per heavy atom. The average molecular weight is 556 g/mol. The second kappa shape index (κ2) is 9.66. The number of rotatable bonds is 5. The number of nitrogens with one attached hydrogen (secondary N) is 2. The molecule has 0 saturated heterocycles. The maximum atomic E-state index is 14.3. The third-order valence-electron chi connectivity index (χ3n) is 5.98. The highest BCUT2D eigenvalue weighted by Gasteiger charge is 2.27. The van der Waals surface area contributed by atoms with Crippen LogP contribution >= 0.6 is 11.6 Å². The van der Waals surface area contributed by atoms with E-state index in [1.54, 1.807) is 30.3 Å². The topological polar surface area (TPSA) is 127 Å². The Labute approximate surface area is 221 Å². The molecule has 4 N–H and O–H groups in total. The zero-order valence-electron chi connectivity index (χ0n) is 19.8. The van der Waals surface area contributed by atoms with E-state index in [4.69, 9.17) is 17.3 Å². The van der Waals surface area contributed by atoms with E-state index in [9.17, 15) is 22.0 Å². The molecule has 0 saturated carbocycles. The van der Waals surface area contributed by atoms with Crippen molar-refractivity contribution in [1.29, 1.82) is 0 Å². The predicted octanol–water partition coefficient (Wildman–Crippen LogP) is 5.18. The van der Waals surface area contributed by atoms with Crippen molar-refractivity contribution >= 4 is 44.9 Å². The number of amides is 1. The Morgan fingerprint density at radius 3 is 2.58 bits per heavy atom. The van der Waals surface area contributed by atoms with Gasteiger partial charge in [-0.25, -0.2) is 27.2 Å². The summed E-state index contributed by atoms with van der Waals surface area (Å²) in [6, 6.07) is 12.4. The number of carbonyl (C=O) groups is 1. The van der Waals surface area contributed by atoms with Crippen LogP contribution in [0, 0.1) is 11.6 Å². The first-order valence-corrected chi connectivity index (χ1v) is 13.2. The fourth-order valence-corrected chi connectivity index (χ4v) is 5.85. The third kappa shape index (κ3) is 4.90. The molecule has 0 spiro atoms. The Kier molecular flexibility index (Phi) is 6.49. The second-order valence-corrected chi connectivity index (χ2v) is 10.7. The van der Waals surface area contributed by atoms with Crippen LogP contribution in [0.2, 0.25) is 5.02 Å². The molecule has 1 aromatic heterocycles. The van der Waals surface area contributed by atoms with Crippen LogP contribution in [0.4, 0.5) is 26.1 Å². The van der Waals surface area contributed by atoms with Crippen LogP contribution in [-0.2, 0) is 27.7 Å². The summed E-state index contributed by atoms with van der Waals surface area (Å²) in [5, 5.41) is 2.83. The standard InChI is InChI=1S/C26H20ClF2N5O3S/c1-13(35)31-17-4-2-3-15(9-17)25-24-18-12-22(34-38(36,37)23-8-6-16(28)11-20(23)29)19(27)10-14(18)5-7-21(24)32-26(30)33-25/h2-4,6,8-12,34H,5,7H2,1H3,(H,31,35)(H2,30,32,33). The van der Waals surface area contributed by atoms with E-state index in [2.05, 4.69) is 20.0 Å². The Hall–Kier alpha value is -4.09. The van der Waals surface area contributed by atoms with Gasteiger partial charge in [-0.1, -0.05) is 23.7 Å². The first kappa shape index (κ1) is 25.6. The lowest BCUT2D eigenvalue weighted by atomic mass is 9.85. The first-order valence-electron chi connectivity index (χ1n) is 11.4. The Morgan fingerprint density at radius 2 is 1.84 bits per heavy atom. The van der Waals surface area contributed by atoms with Crippen molar-refractivity contribution in [3.8, 4) is 22.4 Å². The number of nitrogen functional groups attached to an aromatic ring is 1. The summed E-state index contributed by atoms with van der Waals surface area (Å²) in [4.78, 5) is 19.7. The summed E-state index contributed by atoms with van der Waals surface area (Å²) >= 11 is 6.43. The molecule has 194 valence electrons. The zero-order valence-corrected chi connectivity index (χ0v) is 21.4. The average Bonchev–Trinajstić information content (AvgIpc) is 2.83. The van der Waals surface area contributed by atoms with Gasteiger partial charge in [0.2, 0.25) is 11.9 Å². The lowest BCUT2D eigenvalue weighted by Crippen LogP contribution is -2.16. The van der Waals surface area contributed by atoms with Gasteiger partial charge in [0, 0.05) is 29.8 Å². The molecule has 8 nitrogen and oxygen atoms in total. The van der Waals surface area contributed by atoms with Crippen LogP contribution in [0.5, 0.6) is 0 Å². The molecule has 0 bridgehead atoms. The first-order chi connectivity index (χ1) is 18.0. The highest BCUT2D eigenvalue weighted by Crippen LogP contribution is 2.43. The number of anilines is 3. The molecule has 12 heteroatoms. The van der Waals surface area contributed by atoms with Gasteiger partial charge in [-0.15, -0.1) is 0 Å². The smallest absolute Gasteiger partial charge is 0.264 e. The number of aryl methyl sites for hydroxylation is 2. The quantitative estimate of drug-likeness (QED) is 0.311. The molecule has 3 aromatic carbocycles. The van der Waals surface area contributed by atoms with Crippen LogP contribution in [0.25, 0.3) is 22.4 Å². The molecule has 4 aromatic rings. The number of carbonyl (C=O) groups excluding carboxylic acids is 1.